The van der Waals surface area contributed by atoms with E-state index in [1.165, 1.54) is 6.07 Å². The van der Waals surface area contributed by atoms with Gasteiger partial charge in [0.15, 0.2) is 10.8 Å². The molecule has 0 bridgehead atoms. The molecule has 0 spiro atoms. The smallest absolute Gasteiger partial charge is 0.435 e. The minimum atomic E-state index is -4.60. The van der Waals surface area contributed by atoms with E-state index in [9.17, 15) is 17.6 Å². The molecular weight excluding hydrogens is 473 g/mol. The molecule has 2 aromatic heterocycles. The maximum Gasteiger partial charge on any atom is 0.435 e. The molecule has 0 unspecified atom stereocenters. The van der Waals surface area contributed by atoms with Gasteiger partial charge in [0.2, 0.25) is 11.8 Å². The first-order chi connectivity index (χ1) is 13.4. The summed E-state index contributed by atoms with van der Waals surface area (Å²) in [7, 11) is 0. The molecule has 0 aliphatic rings. The molecule has 0 saturated heterocycles. The van der Waals surface area contributed by atoms with Crippen LogP contribution in [0, 0.1) is 5.95 Å². The van der Waals surface area contributed by atoms with Gasteiger partial charge < -0.3 is 10.1 Å². The van der Waals surface area contributed by atoms with Gasteiger partial charge in [0.1, 0.15) is 15.2 Å². The zero-order chi connectivity index (χ0) is 21.4. The number of nitrogens with zero attached hydrogens (tertiary/aromatic N) is 2. The zero-order valence-corrected chi connectivity index (χ0v) is 18.0. The summed E-state index contributed by atoms with van der Waals surface area (Å²) in [6.07, 6.45) is -4.60. The molecule has 0 atom stereocenters. The third-order valence-corrected chi connectivity index (χ3v) is 5.44. The Morgan fingerprint density at radius 2 is 1.72 bits per heavy atom. The number of nitrogens with one attached hydrogen (secondary N) is 1. The fourth-order valence-corrected chi connectivity index (χ4v) is 4.01. The van der Waals surface area contributed by atoms with E-state index < -0.39 is 17.8 Å². The molecule has 1 N–H and O–H groups in total. The number of benzene rings is 1. The SMILES string of the molecule is CC(C)(C)c1ccccc1Oc1nc([18F])ccc1Nc1nc(C(F)(F)F)c(Br)s1. The Hall–Kier alpha value is -2.20. The molecule has 0 amide bonds. The summed E-state index contributed by atoms with van der Waals surface area (Å²) >= 11 is 3.63. The summed E-state index contributed by atoms with van der Waals surface area (Å²) < 4.78 is 58.4. The fraction of sp³-hybridized carbons (Fsp3) is 0.263. The van der Waals surface area contributed by atoms with E-state index in [0.29, 0.717) is 5.75 Å². The van der Waals surface area contributed by atoms with Crippen LogP contribution in [-0.4, -0.2) is 9.97 Å². The van der Waals surface area contributed by atoms with E-state index in [-0.39, 0.29) is 25.9 Å². The van der Waals surface area contributed by atoms with Gasteiger partial charge in [0, 0.05) is 5.56 Å². The van der Waals surface area contributed by atoms with Crippen LogP contribution < -0.4 is 10.1 Å². The highest BCUT2D eigenvalue weighted by Crippen LogP contribution is 2.41. The molecule has 1 aromatic carbocycles. The van der Waals surface area contributed by atoms with E-state index >= 15 is 0 Å². The van der Waals surface area contributed by atoms with Crippen molar-refractivity contribution in [3.8, 4) is 11.6 Å². The van der Waals surface area contributed by atoms with Crippen LogP contribution in [0.1, 0.15) is 32.0 Å². The Labute approximate surface area is 177 Å². The molecular formula is C19H16BrF4N3OS. The highest BCUT2D eigenvalue weighted by molar-refractivity contribution is 9.11. The number of hydrogen-bond donors (Lipinski definition) is 1. The average Bonchev–Trinajstić information content (AvgIpc) is 2.97. The Balaban J connectivity index is 1.97. The first-order valence-corrected chi connectivity index (χ1v) is 10.0. The van der Waals surface area contributed by atoms with Gasteiger partial charge in [-0.2, -0.15) is 22.5 Å². The molecule has 3 aromatic rings. The van der Waals surface area contributed by atoms with Gasteiger partial charge in [-0.25, -0.2) is 4.98 Å². The zero-order valence-electron chi connectivity index (χ0n) is 15.6. The molecule has 0 saturated carbocycles. The van der Waals surface area contributed by atoms with E-state index in [0.717, 1.165) is 23.0 Å². The quantitative estimate of drug-likeness (QED) is 0.309. The second kappa shape index (κ2) is 7.91. The summed E-state index contributed by atoms with van der Waals surface area (Å²) in [6.45, 7) is 6.00. The van der Waals surface area contributed by atoms with Crippen LogP contribution in [0.15, 0.2) is 40.2 Å². The molecule has 29 heavy (non-hydrogen) atoms. The number of thiazole rings is 1. The Kier molecular flexibility index (Phi) is 5.86. The highest BCUT2D eigenvalue weighted by atomic mass is 79.9. The lowest BCUT2D eigenvalue weighted by molar-refractivity contribution is -0.141. The lowest BCUT2D eigenvalue weighted by Gasteiger charge is -2.22. The predicted molar refractivity (Wildman–Crippen MR) is 108 cm³/mol. The molecule has 4 nitrogen and oxygen atoms in total. The van der Waals surface area contributed by atoms with Crippen molar-refractivity contribution in [1.29, 1.82) is 0 Å². The maximum atomic E-state index is 13.8. The van der Waals surface area contributed by atoms with Gasteiger partial charge in [-0.3, -0.25) is 0 Å². The van der Waals surface area contributed by atoms with Gasteiger partial charge in [-0.05, 0) is 39.5 Å². The van der Waals surface area contributed by atoms with Gasteiger partial charge in [-0.15, -0.1) is 0 Å². The van der Waals surface area contributed by atoms with Crippen molar-refractivity contribution in [3.63, 3.8) is 0 Å². The lowest BCUT2D eigenvalue weighted by Crippen LogP contribution is -2.12. The molecule has 3 rings (SSSR count). The molecule has 0 radical (unpaired) electrons. The topological polar surface area (TPSA) is 47.0 Å². The van der Waals surface area contributed by atoms with Crippen LogP contribution in [0.4, 0.5) is 28.4 Å². The van der Waals surface area contributed by atoms with Crippen molar-refractivity contribution < 1.29 is 22.3 Å². The number of rotatable bonds is 4. The lowest BCUT2D eigenvalue weighted by atomic mass is 9.86. The van der Waals surface area contributed by atoms with Crippen molar-refractivity contribution in [2.75, 3.05) is 5.32 Å². The molecule has 2 heterocycles. The summed E-state index contributed by atoms with van der Waals surface area (Å²) in [5.74, 6) is -0.422. The Bertz CT molecular complexity index is 1030. The number of hydrogen-bond acceptors (Lipinski definition) is 5. The second-order valence-electron chi connectivity index (χ2n) is 7.10. The number of anilines is 2. The number of halogens is 5. The third kappa shape index (κ3) is 5.05. The minimum Gasteiger partial charge on any atom is -0.437 e. The first-order valence-electron chi connectivity index (χ1n) is 8.39. The summed E-state index contributed by atoms with van der Waals surface area (Å²) in [5, 5.41) is 2.70. The standard InChI is InChI=1S/C19H16BrF4N3OS/c1-18(2,3)10-6-4-5-7-12(10)28-16-11(8-9-13(21)26-16)25-17-27-14(15(20)29-17)19(22,23)24/h4-9H,1-3H3,(H,25,27)/i21-1. The van der Waals surface area contributed by atoms with Crippen LogP contribution >= 0.6 is 27.3 Å². The maximum absolute atomic E-state index is 13.8. The number of ether oxygens (including phenoxy) is 1. The monoisotopic (exact) mass is 488 g/mol. The van der Waals surface area contributed by atoms with Crippen molar-refractivity contribution in [3.05, 3.63) is 57.4 Å². The number of aromatic nitrogens is 2. The van der Waals surface area contributed by atoms with Gasteiger partial charge in [-0.1, -0.05) is 50.3 Å². The van der Waals surface area contributed by atoms with Gasteiger partial charge in [0.25, 0.3) is 0 Å². The molecule has 0 fully saturated rings. The molecule has 0 aliphatic carbocycles. The van der Waals surface area contributed by atoms with Crippen LogP contribution in [0.5, 0.6) is 11.6 Å². The van der Waals surface area contributed by atoms with Crippen molar-refractivity contribution in [2.24, 2.45) is 0 Å². The van der Waals surface area contributed by atoms with Crippen molar-refractivity contribution >= 4 is 38.1 Å². The largest absolute Gasteiger partial charge is 0.437 e. The van der Waals surface area contributed by atoms with Crippen molar-refractivity contribution in [1.82, 2.24) is 9.97 Å². The van der Waals surface area contributed by atoms with E-state index in [1.807, 2.05) is 32.9 Å². The summed E-state index contributed by atoms with van der Waals surface area (Å²) in [5.41, 5.74) is -0.238. The first kappa shape index (κ1) is 21.5. The molecule has 10 heteroatoms. The van der Waals surface area contributed by atoms with Crippen LogP contribution in [0.3, 0.4) is 0 Å². The Morgan fingerprint density at radius 3 is 2.34 bits per heavy atom. The number of pyridine rings is 1. The van der Waals surface area contributed by atoms with Crippen LogP contribution in [-0.2, 0) is 11.6 Å². The predicted octanol–water partition coefficient (Wildman–Crippen LogP) is 7.29. The summed E-state index contributed by atoms with van der Waals surface area (Å²) in [6, 6.07) is 9.65. The third-order valence-electron chi connectivity index (χ3n) is 3.82. The highest BCUT2D eigenvalue weighted by Gasteiger charge is 2.37. The van der Waals surface area contributed by atoms with E-state index in [4.69, 9.17) is 4.74 Å². The Morgan fingerprint density at radius 1 is 1.03 bits per heavy atom. The average molecular weight is 489 g/mol. The summed E-state index contributed by atoms with van der Waals surface area (Å²) in [4.78, 5) is 7.32. The van der Waals surface area contributed by atoms with E-state index in [1.54, 1.807) is 12.1 Å². The van der Waals surface area contributed by atoms with Gasteiger partial charge in [0.05, 0.1) is 0 Å². The second-order valence-corrected chi connectivity index (χ2v) is 9.42. The van der Waals surface area contributed by atoms with E-state index in [2.05, 4.69) is 31.2 Å². The molecule has 0 aliphatic heterocycles. The fourth-order valence-electron chi connectivity index (χ4n) is 2.52. The normalized spacial score (nSPS) is 12.1. The number of alkyl halides is 3. The number of para-hydroxylation sites is 1. The van der Waals surface area contributed by atoms with Crippen LogP contribution in [0.25, 0.3) is 0 Å². The van der Waals surface area contributed by atoms with Crippen LogP contribution in [0.2, 0.25) is 0 Å². The minimum absolute atomic E-state index is 0.0356. The van der Waals surface area contributed by atoms with Crippen molar-refractivity contribution in [2.45, 2.75) is 32.4 Å². The molecule has 154 valence electrons. The van der Waals surface area contributed by atoms with Gasteiger partial charge >= 0.3 is 6.18 Å².